The topological polar surface area (TPSA) is 43.7 Å². The van der Waals surface area contributed by atoms with Crippen LogP contribution in [-0.4, -0.2) is 24.9 Å². The second kappa shape index (κ2) is 5.08. The summed E-state index contributed by atoms with van der Waals surface area (Å²) in [6, 6.07) is 2.90. The standard InChI is InChI=1S/C8H8FN2O2/c1-12-11-5-6-13-7-3-2-4-10-8(7)9/h2-3,5H,6H2,1H3. The van der Waals surface area contributed by atoms with Gasteiger partial charge in [0.2, 0.25) is 0 Å². The van der Waals surface area contributed by atoms with Crippen LogP contribution in [0.2, 0.25) is 0 Å². The fourth-order valence-corrected chi connectivity index (χ4v) is 0.670. The van der Waals surface area contributed by atoms with E-state index >= 15 is 0 Å². The minimum Gasteiger partial charge on any atom is -0.483 e. The number of halogens is 1. The maximum atomic E-state index is 12.8. The van der Waals surface area contributed by atoms with Crippen LogP contribution in [0.15, 0.2) is 17.3 Å². The molecule has 0 amide bonds. The molecule has 69 valence electrons. The molecule has 0 aliphatic heterocycles. The SMILES string of the molecule is CON=CCOc1cc[c]nc1F. The molecule has 0 atom stereocenters. The molecular weight excluding hydrogens is 175 g/mol. The first-order chi connectivity index (χ1) is 6.34. The van der Waals surface area contributed by atoms with Crippen molar-refractivity contribution >= 4 is 6.21 Å². The summed E-state index contributed by atoms with van der Waals surface area (Å²) in [7, 11) is 1.41. The number of nitrogens with zero attached hydrogens (tertiary/aromatic N) is 2. The van der Waals surface area contributed by atoms with Gasteiger partial charge in [-0.1, -0.05) is 5.16 Å². The van der Waals surface area contributed by atoms with Gasteiger partial charge in [0.25, 0.3) is 5.95 Å². The molecule has 1 aromatic heterocycles. The molecule has 0 fully saturated rings. The molecule has 0 saturated heterocycles. The summed E-state index contributed by atoms with van der Waals surface area (Å²) in [6.07, 6.45) is 3.71. The van der Waals surface area contributed by atoms with E-state index in [-0.39, 0.29) is 12.4 Å². The molecule has 0 bridgehead atoms. The van der Waals surface area contributed by atoms with Crippen LogP contribution in [0, 0.1) is 12.1 Å². The molecular formula is C8H8FN2O2. The normalized spacial score (nSPS) is 10.3. The molecule has 0 aliphatic rings. The van der Waals surface area contributed by atoms with Crippen molar-refractivity contribution in [2.24, 2.45) is 5.16 Å². The van der Waals surface area contributed by atoms with Gasteiger partial charge in [0.1, 0.15) is 13.7 Å². The Morgan fingerprint density at radius 1 is 1.77 bits per heavy atom. The number of rotatable bonds is 4. The van der Waals surface area contributed by atoms with Crippen LogP contribution in [0.5, 0.6) is 5.75 Å². The Labute approximate surface area is 75.0 Å². The first-order valence-corrected chi connectivity index (χ1v) is 3.55. The maximum Gasteiger partial charge on any atom is 0.255 e. The lowest BCUT2D eigenvalue weighted by atomic mass is 10.4. The Hall–Kier alpha value is -1.65. The molecule has 4 nitrogen and oxygen atoms in total. The van der Waals surface area contributed by atoms with E-state index in [1.165, 1.54) is 25.5 Å². The van der Waals surface area contributed by atoms with Gasteiger partial charge in [-0.05, 0) is 12.1 Å². The third kappa shape index (κ3) is 3.06. The molecule has 0 aliphatic carbocycles. The molecule has 0 unspecified atom stereocenters. The fourth-order valence-electron chi connectivity index (χ4n) is 0.670. The van der Waals surface area contributed by atoms with Crippen LogP contribution >= 0.6 is 0 Å². The van der Waals surface area contributed by atoms with Gasteiger partial charge in [-0.3, -0.25) is 0 Å². The number of hydrogen-bond donors (Lipinski definition) is 0. The van der Waals surface area contributed by atoms with Gasteiger partial charge >= 0.3 is 0 Å². The second-order valence-electron chi connectivity index (χ2n) is 2.01. The number of ether oxygens (including phenoxy) is 1. The van der Waals surface area contributed by atoms with Crippen LogP contribution in [0.3, 0.4) is 0 Å². The van der Waals surface area contributed by atoms with Crippen molar-refractivity contribution in [2.75, 3.05) is 13.7 Å². The number of pyridine rings is 1. The zero-order chi connectivity index (χ0) is 9.52. The molecule has 1 radical (unpaired) electrons. The predicted molar refractivity (Wildman–Crippen MR) is 44.0 cm³/mol. The first kappa shape index (κ1) is 9.44. The Balaban J connectivity index is 2.45. The van der Waals surface area contributed by atoms with Crippen LogP contribution in [-0.2, 0) is 4.84 Å². The third-order valence-corrected chi connectivity index (χ3v) is 1.17. The van der Waals surface area contributed by atoms with E-state index < -0.39 is 5.95 Å². The highest BCUT2D eigenvalue weighted by Crippen LogP contribution is 2.11. The fraction of sp³-hybridized carbons (Fsp3) is 0.250. The zero-order valence-corrected chi connectivity index (χ0v) is 7.03. The first-order valence-electron chi connectivity index (χ1n) is 3.55. The summed E-state index contributed by atoms with van der Waals surface area (Å²) in [4.78, 5) is 7.67. The Morgan fingerprint density at radius 2 is 2.62 bits per heavy atom. The van der Waals surface area contributed by atoms with Crippen LogP contribution in [0.4, 0.5) is 4.39 Å². The molecule has 0 N–H and O–H groups in total. The van der Waals surface area contributed by atoms with Crippen molar-refractivity contribution in [3.8, 4) is 5.75 Å². The van der Waals surface area contributed by atoms with Gasteiger partial charge in [0.05, 0.1) is 12.4 Å². The lowest BCUT2D eigenvalue weighted by molar-refractivity contribution is 0.212. The quantitative estimate of drug-likeness (QED) is 0.398. The average Bonchev–Trinajstić information content (AvgIpc) is 2.15. The predicted octanol–water partition coefficient (Wildman–Crippen LogP) is 1.03. The van der Waals surface area contributed by atoms with Crippen molar-refractivity contribution in [1.29, 1.82) is 0 Å². The zero-order valence-electron chi connectivity index (χ0n) is 7.03. The summed E-state index contributed by atoms with van der Waals surface area (Å²) in [5, 5.41) is 3.42. The van der Waals surface area contributed by atoms with E-state index in [9.17, 15) is 4.39 Å². The smallest absolute Gasteiger partial charge is 0.255 e. The highest BCUT2D eigenvalue weighted by molar-refractivity contribution is 5.58. The van der Waals surface area contributed by atoms with E-state index in [0.717, 1.165) is 0 Å². The largest absolute Gasteiger partial charge is 0.483 e. The number of oxime groups is 1. The Morgan fingerprint density at radius 3 is 3.31 bits per heavy atom. The average molecular weight is 183 g/mol. The van der Waals surface area contributed by atoms with E-state index in [1.807, 2.05) is 0 Å². The maximum absolute atomic E-state index is 12.8. The summed E-state index contributed by atoms with van der Waals surface area (Å²) in [5.74, 6) is -0.616. The Bertz CT molecular complexity index is 291. The van der Waals surface area contributed by atoms with Gasteiger partial charge in [0, 0.05) is 0 Å². The van der Waals surface area contributed by atoms with E-state index in [0.29, 0.717) is 0 Å². The van der Waals surface area contributed by atoms with Crippen molar-refractivity contribution in [3.63, 3.8) is 0 Å². The van der Waals surface area contributed by atoms with Crippen molar-refractivity contribution in [2.45, 2.75) is 0 Å². The van der Waals surface area contributed by atoms with Crippen molar-refractivity contribution in [3.05, 3.63) is 24.3 Å². The van der Waals surface area contributed by atoms with Gasteiger partial charge in [0.15, 0.2) is 5.75 Å². The second-order valence-corrected chi connectivity index (χ2v) is 2.01. The van der Waals surface area contributed by atoms with E-state index in [2.05, 4.69) is 21.2 Å². The highest BCUT2D eigenvalue weighted by Gasteiger charge is 2.00. The van der Waals surface area contributed by atoms with E-state index in [4.69, 9.17) is 4.74 Å². The molecule has 0 spiro atoms. The van der Waals surface area contributed by atoms with Crippen LogP contribution < -0.4 is 4.74 Å². The van der Waals surface area contributed by atoms with Crippen LogP contribution in [0.25, 0.3) is 0 Å². The van der Waals surface area contributed by atoms with Gasteiger partial charge in [-0.2, -0.15) is 4.39 Å². The molecule has 1 heterocycles. The molecule has 1 rings (SSSR count). The number of aromatic nitrogens is 1. The minimum absolute atomic E-state index is 0.0707. The highest BCUT2D eigenvalue weighted by atomic mass is 19.1. The summed E-state index contributed by atoms with van der Waals surface area (Å²) < 4.78 is 17.7. The van der Waals surface area contributed by atoms with Crippen LogP contribution in [0.1, 0.15) is 0 Å². The summed E-state index contributed by atoms with van der Waals surface area (Å²) in [5.41, 5.74) is 0. The van der Waals surface area contributed by atoms with Crippen molar-refractivity contribution in [1.82, 2.24) is 4.98 Å². The van der Waals surface area contributed by atoms with Gasteiger partial charge < -0.3 is 9.57 Å². The molecule has 5 heteroatoms. The summed E-state index contributed by atoms with van der Waals surface area (Å²) >= 11 is 0. The van der Waals surface area contributed by atoms with Crippen molar-refractivity contribution < 1.29 is 14.0 Å². The lowest BCUT2D eigenvalue weighted by Gasteiger charge is -2.01. The lowest BCUT2D eigenvalue weighted by Crippen LogP contribution is -2.01. The number of hydrogen-bond acceptors (Lipinski definition) is 4. The summed E-state index contributed by atoms with van der Waals surface area (Å²) in [6.45, 7) is 0.135. The van der Waals surface area contributed by atoms with Gasteiger partial charge in [-0.25, -0.2) is 4.98 Å². The molecule has 0 saturated carbocycles. The Kier molecular flexibility index (Phi) is 3.69. The molecule has 1 aromatic rings. The molecule has 0 aromatic carbocycles. The third-order valence-electron chi connectivity index (χ3n) is 1.17. The van der Waals surface area contributed by atoms with Gasteiger partial charge in [-0.15, -0.1) is 0 Å². The van der Waals surface area contributed by atoms with E-state index in [1.54, 1.807) is 0 Å². The molecule has 13 heavy (non-hydrogen) atoms. The minimum atomic E-state index is -0.687. The monoisotopic (exact) mass is 183 g/mol.